The maximum absolute atomic E-state index is 10.8. The summed E-state index contributed by atoms with van der Waals surface area (Å²) < 4.78 is 11.7. The first kappa shape index (κ1) is 20.3. The van der Waals surface area contributed by atoms with Gasteiger partial charge in [-0.25, -0.2) is 0 Å². The zero-order valence-electron chi connectivity index (χ0n) is 17.8. The second-order valence-electron chi connectivity index (χ2n) is 8.83. The van der Waals surface area contributed by atoms with Crippen LogP contribution in [0.4, 0.5) is 0 Å². The lowest BCUT2D eigenvalue weighted by atomic mass is 9.81. The Morgan fingerprint density at radius 2 is 1.84 bits per heavy atom. The molecule has 0 aromatic heterocycles. The zero-order chi connectivity index (χ0) is 21.4. The number of methoxy groups -OCH3 is 1. The summed E-state index contributed by atoms with van der Waals surface area (Å²) in [6.07, 6.45) is 1.19. The lowest BCUT2D eigenvalue weighted by Gasteiger charge is -2.46. The number of ether oxygens (including phenoxy) is 2. The minimum Gasteiger partial charge on any atom is -0.497 e. The SMILES string of the molecule is COc1ccc2c(c1)[C@@H](O)CC1(CCN(C[C@H](O)c3ccc4ccccc4c3)CC1)O2. The highest BCUT2D eigenvalue weighted by molar-refractivity contribution is 5.83. The van der Waals surface area contributed by atoms with E-state index in [2.05, 4.69) is 29.2 Å². The molecule has 3 aromatic carbocycles. The van der Waals surface area contributed by atoms with E-state index in [-0.39, 0.29) is 5.60 Å². The summed E-state index contributed by atoms with van der Waals surface area (Å²) in [4.78, 5) is 2.30. The van der Waals surface area contributed by atoms with Gasteiger partial charge in [-0.05, 0) is 53.4 Å². The topological polar surface area (TPSA) is 62.2 Å². The number of aliphatic hydroxyl groups excluding tert-OH is 2. The summed E-state index contributed by atoms with van der Waals surface area (Å²) in [6.45, 7) is 2.27. The van der Waals surface area contributed by atoms with Gasteiger partial charge in [0.2, 0.25) is 0 Å². The van der Waals surface area contributed by atoms with E-state index in [1.54, 1.807) is 7.11 Å². The number of nitrogens with zero attached hydrogens (tertiary/aromatic N) is 1. The number of fused-ring (bicyclic) bond motifs is 2. The first-order chi connectivity index (χ1) is 15.0. The van der Waals surface area contributed by atoms with Gasteiger partial charge in [0.25, 0.3) is 0 Å². The predicted molar refractivity (Wildman–Crippen MR) is 121 cm³/mol. The molecule has 2 heterocycles. The number of hydrogen-bond acceptors (Lipinski definition) is 5. The summed E-state index contributed by atoms with van der Waals surface area (Å²) >= 11 is 0. The molecule has 31 heavy (non-hydrogen) atoms. The van der Waals surface area contributed by atoms with Crippen LogP contribution in [0.3, 0.4) is 0 Å². The molecule has 1 saturated heterocycles. The number of rotatable bonds is 4. The van der Waals surface area contributed by atoms with Crippen molar-refractivity contribution in [1.82, 2.24) is 4.90 Å². The summed E-state index contributed by atoms with van der Waals surface area (Å²) in [5, 5.41) is 23.9. The minimum atomic E-state index is -0.548. The number of likely N-dealkylation sites (tertiary alicyclic amines) is 1. The molecule has 5 nitrogen and oxygen atoms in total. The summed E-state index contributed by atoms with van der Waals surface area (Å²) in [7, 11) is 1.63. The van der Waals surface area contributed by atoms with Crippen molar-refractivity contribution in [2.24, 2.45) is 0 Å². The van der Waals surface area contributed by atoms with Gasteiger partial charge in [0, 0.05) is 31.6 Å². The fourth-order valence-electron chi connectivity index (χ4n) is 4.96. The molecule has 0 amide bonds. The molecule has 3 aromatic rings. The van der Waals surface area contributed by atoms with Gasteiger partial charge < -0.3 is 24.6 Å². The quantitative estimate of drug-likeness (QED) is 0.663. The van der Waals surface area contributed by atoms with Crippen molar-refractivity contribution in [3.8, 4) is 11.5 Å². The molecule has 5 rings (SSSR count). The van der Waals surface area contributed by atoms with Crippen molar-refractivity contribution in [2.45, 2.75) is 37.1 Å². The van der Waals surface area contributed by atoms with Gasteiger partial charge >= 0.3 is 0 Å². The second-order valence-corrected chi connectivity index (χ2v) is 8.83. The fraction of sp³-hybridized carbons (Fsp3) is 0.385. The Hall–Kier alpha value is -2.60. The van der Waals surface area contributed by atoms with Crippen LogP contribution in [0.5, 0.6) is 11.5 Å². The van der Waals surface area contributed by atoms with Crippen LogP contribution in [-0.2, 0) is 0 Å². The first-order valence-corrected chi connectivity index (χ1v) is 11.0. The largest absolute Gasteiger partial charge is 0.497 e. The number of aliphatic hydroxyl groups is 2. The molecule has 0 aliphatic carbocycles. The molecule has 1 fully saturated rings. The van der Waals surface area contributed by atoms with Crippen LogP contribution >= 0.6 is 0 Å². The molecule has 0 saturated carbocycles. The van der Waals surface area contributed by atoms with Crippen molar-refractivity contribution in [1.29, 1.82) is 0 Å². The van der Waals surface area contributed by atoms with Gasteiger partial charge in [0.05, 0.1) is 19.3 Å². The predicted octanol–water partition coefficient (Wildman–Crippen LogP) is 4.23. The van der Waals surface area contributed by atoms with E-state index in [4.69, 9.17) is 9.47 Å². The van der Waals surface area contributed by atoms with Gasteiger partial charge in [0.1, 0.15) is 17.1 Å². The van der Waals surface area contributed by atoms with Crippen LogP contribution < -0.4 is 9.47 Å². The summed E-state index contributed by atoms with van der Waals surface area (Å²) in [5.74, 6) is 1.49. The Labute approximate surface area is 182 Å². The van der Waals surface area contributed by atoms with E-state index in [0.717, 1.165) is 53.9 Å². The summed E-state index contributed by atoms with van der Waals surface area (Å²) in [6, 6.07) is 20.0. The van der Waals surface area contributed by atoms with Gasteiger partial charge in [-0.3, -0.25) is 0 Å². The molecule has 0 bridgehead atoms. The minimum absolute atomic E-state index is 0.342. The lowest BCUT2D eigenvalue weighted by molar-refractivity contribution is -0.0588. The van der Waals surface area contributed by atoms with Gasteiger partial charge in [-0.1, -0.05) is 36.4 Å². The summed E-state index contributed by atoms with van der Waals surface area (Å²) in [5.41, 5.74) is 1.41. The number of hydrogen-bond donors (Lipinski definition) is 2. The van der Waals surface area contributed by atoms with E-state index in [1.165, 1.54) is 5.39 Å². The third kappa shape index (κ3) is 4.01. The van der Waals surface area contributed by atoms with Crippen LogP contribution in [0.1, 0.15) is 42.6 Å². The highest BCUT2D eigenvalue weighted by Gasteiger charge is 2.43. The molecule has 0 unspecified atom stereocenters. The van der Waals surface area contributed by atoms with E-state index >= 15 is 0 Å². The molecular weight excluding hydrogens is 390 g/mol. The lowest BCUT2D eigenvalue weighted by Crippen LogP contribution is -2.51. The second kappa shape index (κ2) is 8.15. The van der Waals surface area contributed by atoms with E-state index in [0.29, 0.717) is 13.0 Å². The van der Waals surface area contributed by atoms with Crippen LogP contribution in [0.25, 0.3) is 10.8 Å². The molecule has 2 aliphatic rings. The fourth-order valence-corrected chi connectivity index (χ4v) is 4.96. The normalized spacial score (nSPS) is 21.5. The Bertz CT molecular complexity index is 1070. The molecule has 2 atom stereocenters. The van der Waals surface area contributed by atoms with Gasteiger partial charge in [0.15, 0.2) is 0 Å². The number of β-amino-alcohol motifs (C(OH)–C–C–N with tert-alkyl or cyclic N) is 1. The van der Waals surface area contributed by atoms with Crippen molar-refractivity contribution in [2.75, 3.05) is 26.7 Å². The van der Waals surface area contributed by atoms with E-state index < -0.39 is 12.2 Å². The van der Waals surface area contributed by atoms with Crippen LogP contribution in [0.2, 0.25) is 0 Å². The third-order valence-corrected chi connectivity index (χ3v) is 6.82. The molecule has 0 radical (unpaired) electrons. The van der Waals surface area contributed by atoms with Crippen LogP contribution in [-0.4, -0.2) is 47.5 Å². The molecule has 162 valence electrons. The third-order valence-electron chi connectivity index (χ3n) is 6.82. The van der Waals surface area contributed by atoms with Crippen molar-refractivity contribution in [3.63, 3.8) is 0 Å². The van der Waals surface area contributed by atoms with Gasteiger partial charge in [-0.15, -0.1) is 0 Å². The molecule has 5 heteroatoms. The van der Waals surface area contributed by atoms with Crippen molar-refractivity contribution >= 4 is 10.8 Å². The first-order valence-electron chi connectivity index (χ1n) is 11.0. The highest BCUT2D eigenvalue weighted by atomic mass is 16.5. The van der Waals surface area contributed by atoms with Gasteiger partial charge in [-0.2, -0.15) is 0 Å². The van der Waals surface area contributed by atoms with Crippen LogP contribution in [0, 0.1) is 0 Å². The molecule has 2 aliphatic heterocycles. The average Bonchev–Trinajstić information content (AvgIpc) is 2.80. The maximum Gasteiger partial charge on any atom is 0.126 e. The smallest absolute Gasteiger partial charge is 0.126 e. The Morgan fingerprint density at radius 3 is 2.61 bits per heavy atom. The molecular formula is C26H29NO4. The maximum atomic E-state index is 10.8. The highest BCUT2D eigenvalue weighted by Crippen LogP contribution is 2.45. The monoisotopic (exact) mass is 419 g/mol. The number of benzene rings is 3. The zero-order valence-corrected chi connectivity index (χ0v) is 17.8. The van der Waals surface area contributed by atoms with Crippen LogP contribution in [0.15, 0.2) is 60.7 Å². The molecule has 2 N–H and O–H groups in total. The average molecular weight is 420 g/mol. The van der Waals surface area contributed by atoms with Crippen molar-refractivity contribution in [3.05, 3.63) is 71.8 Å². The van der Waals surface area contributed by atoms with E-state index in [9.17, 15) is 10.2 Å². The Morgan fingerprint density at radius 1 is 1.06 bits per heavy atom. The Kier molecular flexibility index (Phi) is 5.34. The number of piperidine rings is 1. The molecule has 1 spiro atoms. The van der Waals surface area contributed by atoms with E-state index in [1.807, 2.05) is 36.4 Å². The van der Waals surface area contributed by atoms with Crippen molar-refractivity contribution < 1.29 is 19.7 Å². The Balaban J connectivity index is 1.23. The standard InChI is InChI=1S/C26H29NO4/c1-30-21-8-9-25-22(15-21)23(28)16-26(31-25)10-12-27(13-11-26)17-24(29)20-7-6-18-4-2-3-5-19(18)14-20/h2-9,14-15,23-24,28-29H,10-13,16-17H2,1H3/t23-,24-/m0/s1.